The highest BCUT2D eigenvalue weighted by Crippen LogP contribution is 2.29. The van der Waals surface area contributed by atoms with Gasteiger partial charge in [-0.1, -0.05) is 35.3 Å². The number of nitrogens with one attached hydrogen (secondary N) is 1. The molecule has 1 saturated carbocycles. The molecular formula is C21H22Cl2FN3O3S. The maximum atomic E-state index is 13.4. The van der Waals surface area contributed by atoms with Crippen LogP contribution in [-0.4, -0.2) is 55.8 Å². The lowest BCUT2D eigenvalue weighted by atomic mass is 10.0. The van der Waals surface area contributed by atoms with Crippen LogP contribution in [0.5, 0.6) is 0 Å². The third-order valence-electron chi connectivity index (χ3n) is 5.53. The van der Waals surface area contributed by atoms with Crippen molar-refractivity contribution >= 4 is 39.1 Å². The molecule has 166 valence electrons. The van der Waals surface area contributed by atoms with Crippen LogP contribution >= 0.6 is 23.2 Å². The molecule has 1 atom stereocenters. The van der Waals surface area contributed by atoms with Gasteiger partial charge in [0.1, 0.15) is 11.9 Å². The molecule has 4 rings (SSSR count). The molecule has 2 aromatic rings. The molecule has 2 aromatic carbocycles. The van der Waals surface area contributed by atoms with Gasteiger partial charge in [-0.2, -0.15) is 4.31 Å². The number of carbonyl (C=O) groups is 1. The molecule has 31 heavy (non-hydrogen) atoms. The molecule has 1 N–H and O–H groups in total. The zero-order valence-electron chi connectivity index (χ0n) is 16.6. The number of sulfonamides is 1. The van der Waals surface area contributed by atoms with Crippen LogP contribution in [-0.2, 0) is 14.8 Å². The first kappa shape index (κ1) is 22.5. The van der Waals surface area contributed by atoms with Crippen molar-refractivity contribution in [1.82, 2.24) is 14.5 Å². The van der Waals surface area contributed by atoms with E-state index >= 15 is 0 Å². The molecule has 0 spiro atoms. The van der Waals surface area contributed by atoms with Crippen molar-refractivity contribution in [3.8, 4) is 0 Å². The van der Waals surface area contributed by atoms with Crippen LogP contribution in [0.2, 0.25) is 10.0 Å². The zero-order valence-corrected chi connectivity index (χ0v) is 18.9. The van der Waals surface area contributed by atoms with Crippen molar-refractivity contribution in [3.05, 3.63) is 63.9 Å². The number of nitrogens with zero attached hydrogens (tertiary/aromatic N) is 2. The van der Waals surface area contributed by atoms with E-state index in [2.05, 4.69) is 5.32 Å². The molecule has 0 aromatic heterocycles. The van der Waals surface area contributed by atoms with Crippen LogP contribution < -0.4 is 5.32 Å². The van der Waals surface area contributed by atoms with Gasteiger partial charge < -0.3 is 5.32 Å². The highest BCUT2D eigenvalue weighted by atomic mass is 35.5. The maximum absolute atomic E-state index is 13.4. The van der Waals surface area contributed by atoms with Crippen LogP contribution in [0, 0.1) is 5.82 Å². The third-order valence-corrected chi connectivity index (χ3v) is 8.16. The molecule has 6 nitrogen and oxygen atoms in total. The van der Waals surface area contributed by atoms with Gasteiger partial charge in [0.15, 0.2) is 0 Å². The van der Waals surface area contributed by atoms with Gasteiger partial charge in [-0.3, -0.25) is 9.69 Å². The van der Waals surface area contributed by atoms with Gasteiger partial charge >= 0.3 is 0 Å². The van der Waals surface area contributed by atoms with Crippen LogP contribution in [0.15, 0.2) is 47.4 Å². The van der Waals surface area contributed by atoms with Gasteiger partial charge in [0.25, 0.3) is 0 Å². The number of benzene rings is 2. The van der Waals surface area contributed by atoms with Gasteiger partial charge in [-0.15, -0.1) is 0 Å². The summed E-state index contributed by atoms with van der Waals surface area (Å²) in [5.74, 6) is -0.516. The average Bonchev–Trinajstić information content (AvgIpc) is 3.56. The van der Waals surface area contributed by atoms with Crippen LogP contribution in [0.1, 0.15) is 24.4 Å². The second-order valence-corrected chi connectivity index (χ2v) is 10.5. The van der Waals surface area contributed by atoms with Gasteiger partial charge in [0, 0.05) is 32.2 Å². The molecule has 1 amide bonds. The molecule has 10 heteroatoms. The fraction of sp³-hybridized carbons (Fsp3) is 0.381. The number of amides is 1. The smallest absolute Gasteiger partial charge is 0.243 e. The number of piperazine rings is 1. The third kappa shape index (κ3) is 5.04. The number of hydrogen-bond acceptors (Lipinski definition) is 4. The topological polar surface area (TPSA) is 69.7 Å². The van der Waals surface area contributed by atoms with Gasteiger partial charge in [0.2, 0.25) is 15.9 Å². The lowest BCUT2D eigenvalue weighted by Gasteiger charge is -2.38. The molecule has 0 radical (unpaired) electrons. The Labute approximate surface area is 191 Å². The molecule has 1 heterocycles. The normalized spacial score (nSPS) is 19.2. The highest BCUT2D eigenvalue weighted by Gasteiger charge is 2.36. The van der Waals surface area contributed by atoms with E-state index in [-0.39, 0.29) is 45.8 Å². The summed E-state index contributed by atoms with van der Waals surface area (Å²) >= 11 is 11.9. The van der Waals surface area contributed by atoms with Crippen LogP contribution in [0.3, 0.4) is 0 Å². The monoisotopic (exact) mass is 485 g/mol. The van der Waals surface area contributed by atoms with Crippen molar-refractivity contribution in [2.24, 2.45) is 0 Å². The van der Waals surface area contributed by atoms with E-state index in [1.165, 1.54) is 34.6 Å². The molecular weight excluding hydrogens is 464 g/mol. The van der Waals surface area contributed by atoms with E-state index in [0.717, 1.165) is 12.8 Å². The first-order valence-corrected chi connectivity index (χ1v) is 12.2. The van der Waals surface area contributed by atoms with E-state index < -0.39 is 16.1 Å². The Morgan fingerprint density at radius 2 is 1.65 bits per heavy atom. The van der Waals surface area contributed by atoms with Crippen molar-refractivity contribution in [2.45, 2.75) is 29.8 Å². The van der Waals surface area contributed by atoms with Crippen molar-refractivity contribution in [3.63, 3.8) is 0 Å². The van der Waals surface area contributed by atoms with Gasteiger partial charge in [-0.25, -0.2) is 12.8 Å². The van der Waals surface area contributed by atoms with Crippen LogP contribution in [0.4, 0.5) is 4.39 Å². The summed E-state index contributed by atoms with van der Waals surface area (Å²) in [6, 6.07) is 9.69. The second-order valence-electron chi connectivity index (χ2n) is 7.75. The summed E-state index contributed by atoms with van der Waals surface area (Å²) in [6.45, 7) is 1.16. The Hall–Kier alpha value is -1.71. The minimum absolute atomic E-state index is 0.0805. The van der Waals surface area contributed by atoms with E-state index in [1.54, 1.807) is 12.1 Å². The summed E-state index contributed by atoms with van der Waals surface area (Å²) in [5.41, 5.74) is 0.681. The standard InChI is InChI=1S/C21H22Cl2FN3O3S/c22-18-8-7-17(13-19(18)23)31(29,30)27-11-9-26(10-12-27)20(21(28)25-16-5-6-16)14-1-3-15(24)4-2-14/h1-4,7-8,13,16,20H,5-6,9-12H2,(H,25,28)/t20-/m1/s1. The van der Waals surface area contributed by atoms with E-state index in [1.807, 2.05) is 4.90 Å². The maximum Gasteiger partial charge on any atom is 0.243 e. The molecule has 2 aliphatic rings. The predicted octanol–water partition coefficient (Wildman–Crippen LogP) is 3.46. The van der Waals surface area contributed by atoms with Crippen molar-refractivity contribution in [2.75, 3.05) is 26.2 Å². The molecule has 2 fully saturated rings. The first-order chi connectivity index (χ1) is 14.8. The average molecular weight is 486 g/mol. The van der Waals surface area contributed by atoms with Crippen molar-refractivity contribution < 1.29 is 17.6 Å². The fourth-order valence-electron chi connectivity index (χ4n) is 3.67. The van der Waals surface area contributed by atoms with E-state index in [4.69, 9.17) is 23.2 Å². The minimum Gasteiger partial charge on any atom is -0.352 e. The number of hydrogen-bond donors (Lipinski definition) is 1. The molecule has 1 saturated heterocycles. The first-order valence-electron chi connectivity index (χ1n) is 10.0. The molecule has 0 unspecified atom stereocenters. The Morgan fingerprint density at radius 1 is 1.00 bits per heavy atom. The Bertz CT molecular complexity index is 1070. The summed E-state index contributed by atoms with van der Waals surface area (Å²) in [7, 11) is -3.74. The Morgan fingerprint density at radius 3 is 2.23 bits per heavy atom. The number of halogens is 3. The van der Waals surface area contributed by atoms with E-state index in [0.29, 0.717) is 18.7 Å². The summed E-state index contributed by atoms with van der Waals surface area (Å²) in [5, 5.41) is 3.47. The number of carbonyl (C=O) groups excluding carboxylic acids is 1. The largest absolute Gasteiger partial charge is 0.352 e. The lowest BCUT2D eigenvalue weighted by molar-refractivity contribution is -0.127. The lowest BCUT2D eigenvalue weighted by Crippen LogP contribution is -2.52. The highest BCUT2D eigenvalue weighted by molar-refractivity contribution is 7.89. The Balaban J connectivity index is 1.50. The van der Waals surface area contributed by atoms with E-state index in [9.17, 15) is 17.6 Å². The minimum atomic E-state index is -3.74. The second kappa shape index (κ2) is 9.03. The SMILES string of the molecule is O=C(NC1CC1)[C@@H](c1ccc(F)cc1)N1CCN(S(=O)(=O)c2ccc(Cl)c(Cl)c2)CC1. The van der Waals surface area contributed by atoms with Gasteiger partial charge in [0.05, 0.1) is 14.9 Å². The summed E-state index contributed by atoms with van der Waals surface area (Å²) in [6.07, 6.45) is 1.91. The predicted molar refractivity (Wildman–Crippen MR) is 117 cm³/mol. The summed E-state index contributed by atoms with van der Waals surface area (Å²) < 4.78 is 40.8. The summed E-state index contributed by atoms with van der Waals surface area (Å²) in [4.78, 5) is 15.0. The number of rotatable bonds is 6. The molecule has 0 bridgehead atoms. The fourth-order valence-corrected chi connectivity index (χ4v) is 5.48. The van der Waals surface area contributed by atoms with Crippen LogP contribution in [0.25, 0.3) is 0 Å². The Kier molecular flexibility index (Phi) is 6.55. The van der Waals surface area contributed by atoms with Crippen molar-refractivity contribution in [1.29, 1.82) is 0 Å². The molecule has 1 aliphatic carbocycles. The molecule has 1 aliphatic heterocycles. The quantitative estimate of drug-likeness (QED) is 0.679. The zero-order chi connectivity index (χ0) is 22.2. The van der Waals surface area contributed by atoms with Gasteiger partial charge in [-0.05, 0) is 48.7 Å².